The smallest absolute Gasteiger partial charge is 0.255 e. The summed E-state index contributed by atoms with van der Waals surface area (Å²) in [4.78, 5) is 12.1. The molecule has 3 nitrogen and oxygen atoms in total. The fourth-order valence-corrected chi connectivity index (χ4v) is 2.55. The fourth-order valence-electron chi connectivity index (χ4n) is 1.62. The van der Waals surface area contributed by atoms with E-state index in [2.05, 4.69) is 37.2 Å². The molecule has 20 heavy (non-hydrogen) atoms. The molecule has 2 rings (SSSR count). The van der Waals surface area contributed by atoms with Gasteiger partial charge in [0.05, 0.1) is 10.2 Å². The largest absolute Gasteiger partial charge is 0.398 e. The summed E-state index contributed by atoms with van der Waals surface area (Å²) in [5.41, 5.74) is 8.24. The topological polar surface area (TPSA) is 55.1 Å². The number of hydrogen-bond donors (Lipinski definition) is 2. The maximum atomic E-state index is 13.1. The van der Waals surface area contributed by atoms with Crippen LogP contribution in [0.25, 0.3) is 0 Å². The van der Waals surface area contributed by atoms with Crippen LogP contribution in [0.2, 0.25) is 0 Å². The number of anilines is 2. The summed E-state index contributed by atoms with van der Waals surface area (Å²) in [5.74, 6) is -0.753. The highest BCUT2D eigenvalue weighted by molar-refractivity contribution is 9.10. The van der Waals surface area contributed by atoms with Crippen molar-refractivity contribution in [2.24, 2.45) is 0 Å². The molecular formula is C14H11Br2FN2O. The third-order valence-electron chi connectivity index (χ3n) is 2.79. The molecule has 3 N–H and O–H groups in total. The molecule has 1 amide bonds. The van der Waals surface area contributed by atoms with Gasteiger partial charge >= 0.3 is 0 Å². The predicted octanol–water partition coefficient (Wildman–Crippen LogP) is 4.49. The monoisotopic (exact) mass is 400 g/mol. The Bertz CT molecular complexity index is 689. The second kappa shape index (κ2) is 5.93. The molecule has 0 atom stereocenters. The van der Waals surface area contributed by atoms with E-state index in [9.17, 15) is 9.18 Å². The van der Waals surface area contributed by atoms with Crippen molar-refractivity contribution in [2.45, 2.75) is 6.92 Å². The Kier molecular flexibility index (Phi) is 4.45. The first-order valence-corrected chi connectivity index (χ1v) is 7.29. The minimum Gasteiger partial charge on any atom is -0.398 e. The normalized spacial score (nSPS) is 10.4. The Morgan fingerprint density at radius 1 is 1.20 bits per heavy atom. The van der Waals surface area contributed by atoms with Crippen LogP contribution in [0.5, 0.6) is 0 Å². The van der Waals surface area contributed by atoms with Gasteiger partial charge in [-0.2, -0.15) is 0 Å². The number of halogens is 3. The van der Waals surface area contributed by atoms with Gasteiger partial charge in [0, 0.05) is 15.7 Å². The van der Waals surface area contributed by atoms with Gasteiger partial charge in [0.15, 0.2) is 0 Å². The highest BCUT2D eigenvalue weighted by Crippen LogP contribution is 2.28. The van der Waals surface area contributed by atoms with Crippen LogP contribution in [-0.4, -0.2) is 5.91 Å². The van der Waals surface area contributed by atoms with Crippen molar-refractivity contribution < 1.29 is 9.18 Å². The molecule has 0 spiro atoms. The SMILES string of the molecule is Cc1cc(Br)c(NC(=O)c2ccc(F)c(Br)c2)cc1N. The number of nitrogen functional groups attached to an aromatic ring is 1. The zero-order chi connectivity index (χ0) is 14.9. The lowest BCUT2D eigenvalue weighted by atomic mass is 10.1. The van der Waals surface area contributed by atoms with Crippen LogP contribution in [0.1, 0.15) is 15.9 Å². The highest BCUT2D eigenvalue weighted by Gasteiger charge is 2.11. The summed E-state index contributed by atoms with van der Waals surface area (Å²) in [6, 6.07) is 7.58. The van der Waals surface area contributed by atoms with Gasteiger partial charge in [0.1, 0.15) is 5.82 Å². The number of benzene rings is 2. The summed E-state index contributed by atoms with van der Waals surface area (Å²) in [7, 11) is 0. The van der Waals surface area contributed by atoms with Gasteiger partial charge in [-0.05, 0) is 74.7 Å². The van der Waals surface area contributed by atoms with Crippen LogP contribution >= 0.6 is 31.9 Å². The Labute approximate surface area is 132 Å². The van der Waals surface area contributed by atoms with Crippen molar-refractivity contribution in [1.29, 1.82) is 0 Å². The van der Waals surface area contributed by atoms with E-state index in [-0.39, 0.29) is 10.4 Å². The van der Waals surface area contributed by atoms with Crippen molar-refractivity contribution in [1.82, 2.24) is 0 Å². The molecule has 104 valence electrons. The van der Waals surface area contributed by atoms with Crippen LogP contribution < -0.4 is 11.1 Å². The second-order valence-electron chi connectivity index (χ2n) is 4.27. The first-order chi connectivity index (χ1) is 9.38. The van der Waals surface area contributed by atoms with Gasteiger partial charge in [-0.3, -0.25) is 4.79 Å². The lowest BCUT2D eigenvalue weighted by Gasteiger charge is -2.10. The highest BCUT2D eigenvalue weighted by atomic mass is 79.9. The van der Waals surface area contributed by atoms with Crippen molar-refractivity contribution in [3.8, 4) is 0 Å². The standard InChI is InChI=1S/C14H11Br2FN2O/c1-7-4-10(16)13(6-12(7)18)19-14(20)8-2-3-11(17)9(15)5-8/h2-6H,18H2,1H3,(H,19,20). The lowest BCUT2D eigenvalue weighted by molar-refractivity contribution is 0.102. The minimum atomic E-state index is -0.415. The zero-order valence-electron chi connectivity index (χ0n) is 10.5. The van der Waals surface area contributed by atoms with E-state index in [0.717, 1.165) is 10.0 Å². The Balaban J connectivity index is 2.27. The molecule has 0 heterocycles. The first kappa shape index (κ1) is 15.0. The van der Waals surface area contributed by atoms with Gasteiger partial charge in [-0.1, -0.05) is 0 Å². The van der Waals surface area contributed by atoms with Crippen molar-refractivity contribution in [3.63, 3.8) is 0 Å². The molecule has 2 aromatic carbocycles. The third kappa shape index (κ3) is 3.19. The van der Waals surface area contributed by atoms with E-state index in [1.807, 2.05) is 13.0 Å². The quantitative estimate of drug-likeness (QED) is 0.728. The molecule has 2 aromatic rings. The van der Waals surface area contributed by atoms with E-state index in [1.165, 1.54) is 18.2 Å². The summed E-state index contributed by atoms with van der Waals surface area (Å²) < 4.78 is 14.1. The van der Waals surface area contributed by atoms with Crippen molar-refractivity contribution in [2.75, 3.05) is 11.1 Å². The molecule has 0 fully saturated rings. The molecule has 0 aliphatic heterocycles. The number of rotatable bonds is 2. The molecule has 0 saturated heterocycles. The van der Waals surface area contributed by atoms with Gasteiger partial charge < -0.3 is 11.1 Å². The number of nitrogens with two attached hydrogens (primary N) is 1. The summed E-state index contributed by atoms with van der Waals surface area (Å²) in [5, 5.41) is 2.73. The van der Waals surface area contributed by atoms with Crippen LogP contribution in [0.3, 0.4) is 0 Å². The average molecular weight is 402 g/mol. The maximum absolute atomic E-state index is 13.1. The van der Waals surface area contributed by atoms with Crippen molar-refractivity contribution in [3.05, 3.63) is 56.2 Å². The Hall–Kier alpha value is -1.40. The molecule has 6 heteroatoms. The summed E-state index contributed by atoms with van der Waals surface area (Å²) in [6.45, 7) is 1.88. The van der Waals surface area contributed by atoms with Crippen LogP contribution in [-0.2, 0) is 0 Å². The zero-order valence-corrected chi connectivity index (χ0v) is 13.7. The molecule has 0 unspecified atom stereocenters. The number of amides is 1. The number of nitrogens with one attached hydrogen (secondary N) is 1. The summed E-state index contributed by atoms with van der Waals surface area (Å²) >= 11 is 6.42. The van der Waals surface area contributed by atoms with Crippen LogP contribution in [0, 0.1) is 12.7 Å². The fraction of sp³-hybridized carbons (Fsp3) is 0.0714. The minimum absolute atomic E-state index is 0.243. The maximum Gasteiger partial charge on any atom is 0.255 e. The van der Waals surface area contributed by atoms with Gasteiger partial charge in [0.25, 0.3) is 5.91 Å². The van der Waals surface area contributed by atoms with Crippen LogP contribution in [0.15, 0.2) is 39.3 Å². The molecule has 0 aliphatic carbocycles. The van der Waals surface area contributed by atoms with E-state index in [4.69, 9.17) is 5.73 Å². The average Bonchev–Trinajstić information content (AvgIpc) is 2.39. The first-order valence-electron chi connectivity index (χ1n) is 5.70. The lowest BCUT2D eigenvalue weighted by Crippen LogP contribution is -2.13. The number of carbonyl (C=O) groups is 1. The second-order valence-corrected chi connectivity index (χ2v) is 5.98. The van der Waals surface area contributed by atoms with Gasteiger partial charge in [0.2, 0.25) is 0 Å². The van der Waals surface area contributed by atoms with E-state index < -0.39 is 5.82 Å². The van der Waals surface area contributed by atoms with Crippen LogP contribution in [0.4, 0.5) is 15.8 Å². The molecule has 0 aromatic heterocycles. The van der Waals surface area contributed by atoms with E-state index in [0.29, 0.717) is 16.9 Å². The van der Waals surface area contributed by atoms with Gasteiger partial charge in [-0.15, -0.1) is 0 Å². The molecular weight excluding hydrogens is 391 g/mol. The molecule has 0 bridgehead atoms. The molecule has 0 aliphatic rings. The Morgan fingerprint density at radius 2 is 1.90 bits per heavy atom. The summed E-state index contributed by atoms with van der Waals surface area (Å²) in [6.07, 6.45) is 0. The number of hydrogen-bond acceptors (Lipinski definition) is 2. The van der Waals surface area contributed by atoms with Crippen molar-refractivity contribution >= 4 is 49.1 Å². The predicted molar refractivity (Wildman–Crippen MR) is 85.3 cm³/mol. The van der Waals surface area contributed by atoms with E-state index >= 15 is 0 Å². The third-order valence-corrected chi connectivity index (χ3v) is 4.05. The van der Waals surface area contributed by atoms with E-state index in [1.54, 1.807) is 6.07 Å². The Morgan fingerprint density at radius 3 is 2.55 bits per heavy atom. The number of aryl methyl sites for hydroxylation is 1. The molecule has 0 radical (unpaired) electrons. The molecule has 0 saturated carbocycles. The number of carbonyl (C=O) groups excluding carboxylic acids is 1. The van der Waals surface area contributed by atoms with Gasteiger partial charge in [-0.25, -0.2) is 4.39 Å².